The third-order valence-corrected chi connectivity index (χ3v) is 4.22. The number of aryl methyl sites for hydroxylation is 1. The Kier molecular flexibility index (Phi) is 6.09. The van der Waals surface area contributed by atoms with E-state index in [9.17, 15) is 4.79 Å². The molecule has 0 aromatic heterocycles. The fourth-order valence-corrected chi connectivity index (χ4v) is 3.15. The summed E-state index contributed by atoms with van der Waals surface area (Å²) in [5.74, 6) is 0.523. The molecule has 1 aliphatic carbocycles. The zero-order valence-corrected chi connectivity index (χ0v) is 13.2. The molecule has 0 bridgehead atoms. The number of esters is 1. The second-order valence-corrected chi connectivity index (χ2v) is 6.06. The fraction of sp³-hybridized carbons (Fsp3) is 0.611. The van der Waals surface area contributed by atoms with E-state index in [0.717, 1.165) is 12.1 Å². The van der Waals surface area contributed by atoms with Gasteiger partial charge in [-0.15, -0.1) is 0 Å². The summed E-state index contributed by atoms with van der Waals surface area (Å²) in [5.41, 5.74) is 2.20. The molecule has 0 heterocycles. The summed E-state index contributed by atoms with van der Waals surface area (Å²) in [6, 6.07) is 7.94. The van der Waals surface area contributed by atoms with Crippen molar-refractivity contribution < 1.29 is 9.53 Å². The van der Waals surface area contributed by atoms with Gasteiger partial charge in [0.2, 0.25) is 0 Å². The van der Waals surface area contributed by atoms with Gasteiger partial charge in [-0.3, -0.25) is 0 Å². The minimum absolute atomic E-state index is 0.121. The van der Waals surface area contributed by atoms with Crippen LogP contribution in [0, 0.1) is 12.8 Å². The maximum Gasteiger partial charge on any atom is 0.328 e. The molecule has 0 radical (unpaired) electrons. The molecule has 3 heteroatoms. The van der Waals surface area contributed by atoms with Crippen LogP contribution in [0.4, 0.5) is 5.69 Å². The molecular formula is C18H27NO2. The molecule has 1 aliphatic rings. The van der Waals surface area contributed by atoms with Crippen molar-refractivity contribution in [3.05, 3.63) is 29.8 Å². The van der Waals surface area contributed by atoms with Crippen molar-refractivity contribution in [2.24, 2.45) is 5.92 Å². The molecule has 116 valence electrons. The van der Waals surface area contributed by atoms with Gasteiger partial charge >= 0.3 is 5.97 Å². The lowest BCUT2D eigenvalue weighted by molar-refractivity contribution is -0.144. The van der Waals surface area contributed by atoms with E-state index in [2.05, 4.69) is 24.4 Å². The quantitative estimate of drug-likeness (QED) is 0.793. The van der Waals surface area contributed by atoms with Crippen LogP contribution in [-0.4, -0.2) is 18.6 Å². The Morgan fingerprint density at radius 2 is 2.10 bits per heavy atom. The number of carbonyl (C=O) groups excluding carboxylic acids is 1. The molecule has 0 spiro atoms. The third kappa shape index (κ3) is 5.07. The van der Waals surface area contributed by atoms with Gasteiger partial charge in [-0.25, -0.2) is 4.79 Å². The number of hydrogen-bond acceptors (Lipinski definition) is 3. The van der Waals surface area contributed by atoms with Gasteiger partial charge in [-0.05, 0) is 43.9 Å². The molecule has 1 N–H and O–H groups in total. The monoisotopic (exact) mass is 289 g/mol. The van der Waals surface area contributed by atoms with E-state index in [1.54, 1.807) is 0 Å². The maximum atomic E-state index is 12.2. The standard InChI is InChI=1S/C18H27NO2/c1-3-21-18(20)17(13-15-9-5-4-6-10-15)19-16-11-7-8-14(2)12-16/h7-8,11-12,15,17,19H,3-6,9-10,13H2,1-2H3. The second-order valence-electron chi connectivity index (χ2n) is 6.06. The smallest absolute Gasteiger partial charge is 0.328 e. The highest BCUT2D eigenvalue weighted by atomic mass is 16.5. The fourth-order valence-electron chi connectivity index (χ4n) is 3.15. The van der Waals surface area contributed by atoms with Gasteiger partial charge in [0.25, 0.3) is 0 Å². The van der Waals surface area contributed by atoms with Crippen molar-refractivity contribution >= 4 is 11.7 Å². The minimum Gasteiger partial charge on any atom is -0.464 e. The number of carbonyl (C=O) groups is 1. The lowest BCUT2D eigenvalue weighted by Crippen LogP contribution is -2.34. The van der Waals surface area contributed by atoms with Crippen LogP contribution in [0.15, 0.2) is 24.3 Å². The van der Waals surface area contributed by atoms with E-state index >= 15 is 0 Å². The maximum absolute atomic E-state index is 12.2. The predicted molar refractivity (Wildman–Crippen MR) is 86.4 cm³/mol. The number of rotatable bonds is 6. The van der Waals surface area contributed by atoms with Crippen LogP contribution >= 0.6 is 0 Å². The molecule has 1 aromatic carbocycles. The molecular weight excluding hydrogens is 262 g/mol. The molecule has 1 atom stereocenters. The summed E-state index contributed by atoms with van der Waals surface area (Å²) < 4.78 is 5.25. The zero-order chi connectivity index (χ0) is 15.1. The molecule has 21 heavy (non-hydrogen) atoms. The van der Waals surface area contributed by atoms with E-state index in [1.807, 2.05) is 19.1 Å². The molecule has 1 fully saturated rings. The lowest BCUT2D eigenvalue weighted by atomic mass is 9.84. The van der Waals surface area contributed by atoms with Gasteiger partial charge < -0.3 is 10.1 Å². The number of anilines is 1. The number of benzene rings is 1. The van der Waals surface area contributed by atoms with Gasteiger partial charge in [0.15, 0.2) is 0 Å². The zero-order valence-electron chi connectivity index (χ0n) is 13.2. The highest BCUT2D eigenvalue weighted by molar-refractivity contribution is 5.79. The Bertz CT molecular complexity index is 452. The van der Waals surface area contributed by atoms with Crippen LogP contribution in [0.25, 0.3) is 0 Å². The molecule has 1 saturated carbocycles. The van der Waals surface area contributed by atoms with Gasteiger partial charge in [-0.1, -0.05) is 44.2 Å². The predicted octanol–water partition coefficient (Wildman–Crippen LogP) is 4.31. The Balaban J connectivity index is 2.02. The van der Waals surface area contributed by atoms with Crippen molar-refractivity contribution in [2.45, 2.75) is 58.4 Å². The van der Waals surface area contributed by atoms with Crippen molar-refractivity contribution in [1.29, 1.82) is 0 Å². The first-order valence-corrected chi connectivity index (χ1v) is 8.19. The van der Waals surface area contributed by atoms with Crippen LogP contribution in [0.1, 0.15) is 51.0 Å². The summed E-state index contributed by atoms with van der Waals surface area (Å²) in [4.78, 5) is 12.2. The third-order valence-electron chi connectivity index (χ3n) is 4.22. The van der Waals surface area contributed by atoms with Crippen molar-refractivity contribution in [2.75, 3.05) is 11.9 Å². The molecule has 1 aromatic rings. The van der Waals surface area contributed by atoms with Gasteiger partial charge in [0.05, 0.1) is 6.61 Å². The van der Waals surface area contributed by atoms with Crippen LogP contribution in [0.5, 0.6) is 0 Å². The molecule has 2 rings (SSSR count). The van der Waals surface area contributed by atoms with Crippen molar-refractivity contribution in [1.82, 2.24) is 0 Å². The summed E-state index contributed by atoms with van der Waals surface area (Å²) in [5, 5.41) is 3.38. The molecule has 0 saturated heterocycles. The average molecular weight is 289 g/mol. The van der Waals surface area contributed by atoms with Crippen LogP contribution < -0.4 is 5.32 Å². The van der Waals surface area contributed by atoms with Crippen LogP contribution in [0.2, 0.25) is 0 Å². The van der Waals surface area contributed by atoms with E-state index in [-0.39, 0.29) is 12.0 Å². The Morgan fingerprint density at radius 3 is 2.76 bits per heavy atom. The van der Waals surface area contributed by atoms with Gasteiger partial charge in [0, 0.05) is 5.69 Å². The largest absolute Gasteiger partial charge is 0.464 e. The average Bonchev–Trinajstić information content (AvgIpc) is 2.48. The summed E-state index contributed by atoms with van der Waals surface area (Å²) in [6.45, 7) is 4.36. The first-order valence-electron chi connectivity index (χ1n) is 8.19. The number of nitrogens with one attached hydrogen (secondary N) is 1. The second kappa shape index (κ2) is 8.06. The SMILES string of the molecule is CCOC(=O)C(CC1CCCCC1)Nc1cccc(C)c1. The van der Waals surface area contributed by atoms with Crippen LogP contribution in [0.3, 0.4) is 0 Å². The lowest BCUT2D eigenvalue weighted by Gasteiger charge is -2.26. The van der Waals surface area contributed by atoms with Gasteiger partial charge in [-0.2, -0.15) is 0 Å². The molecule has 0 aliphatic heterocycles. The molecule has 3 nitrogen and oxygen atoms in total. The van der Waals surface area contributed by atoms with E-state index < -0.39 is 0 Å². The molecule has 0 amide bonds. The number of hydrogen-bond donors (Lipinski definition) is 1. The summed E-state index contributed by atoms with van der Waals surface area (Å²) >= 11 is 0. The Labute approximate surface area is 128 Å². The number of ether oxygens (including phenoxy) is 1. The highest BCUT2D eigenvalue weighted by Gasteiger charge is 2.25. The van der Waals surface area contributed by atoms with E-state index in [0.29, 0.717) is 12.5 Å². The van der Waals surface area contributed by atoms with Crippen LogP contribution in [-0.2, 0) is 9.53 Å². The van der Waals surface area contributed by atoms with E-state index in [1.165, 1.54) is 37.7 Å². The Hall–Kier alpha value is -1.51. The van der Waals surface area contributed by atoms with Gasteiger partial charge in [0.1, 0.15) is 6.04 Å². The Morgan fingerprint density at radius 1 is 1.33 bits per heavy atom. The summed E-state index contributed by atoms with van der Waals surface area (Å²) in [7, 11) is 0. The normalized spacial score (nSPS) is 17.2. The molecule has 1 unspecified atom stereocenters. The van der Waals surface area contributed by atoms with Crippen molar-refractivity contribution in [3.8, 4) is 0 Å². The van der Waals surface area contributed by atoms with E-state index in [4.69, 9.17) is 4.74 Å². The minimum atomic E-state index is -0.227. The first kappa shape index (κ1) is 15.9. The summed E-state index contributed by atoms with van der Waals surface area (Å²) in [6.07, 6.45) is 7.30. The van der Waals surface area contributed by atoms with Crippen molar-refractivity contribution in [3.63, 3.8) is 0 Å². The first-order chi connectivity index (χ1) is 10.2. The topological polar surface area (TPSA) is 38.3 Å². The highest BCUT2D eigenvalue weighted by Crippen LogP contribution is 2.28.